The Labute approximate surface area is 218 Å². The Bertz CT molecular complexity index is 1890. The number of rotatable bonds is 4. The number of nitrogens with zero attached hydrogens (tertiary/aromatic N) is 6. The average Bonchev–Trinajstić information content (AvgIpc) is 3.01. The van der Waals surface area contributed by atoms with Crippen molar-refractivity contribution in [3.63, 3.8) is 0 Å². The fourth-order valence-electron chi connectivity index (χ4n) is 4.96. The first-order valence-corrected chi connectivity index (χ1v) is 12.3. The number of fused-ring (bicyclic) bond motifs is 2. The standard InChI is InChI=1S/C32H20N6/c1-2-7-25-24(6-1)28(31-35-16-4-17-36-31)26-13-12-23(20-27(26)29(25)32-37-18-5-19-38-32)21-8-10-22(11-9-21)30-33-14-3-15-34-30/h1-20H. The number of benzene rings is 4. The Balaban J connectivity index is 1.50. The second-order valence-electron chi connectivity index (χ2n) is 8.85. The molecule has 0 saturated heterocycles. The smallest absolute Gasteiger partial charge is 0.160 e. The Kier molecular flexibility index (Phi) is 5.33. The summed E-state index contributed by atoms with van der Waals surface area (Å²) in [6, 6.07) is 28.7. The van der Waals surface area contributed by atoms with E-state index in [0.29, 0.717) is 17.5 Å². The van der Waals surface area contributed by atoms with Crippen molar-refractivity contribution in [3.05, 3.63) is 122 Å². The third-order valence-corrected chi connectivity index (χ3v) is 6.64. The van der Waals surface area contributed by atoms with Crippen LogP contribution in [-0.2, 0) is 0 Å². The van der Waals surface area contributed by atoms with E-state index in [-0.39, 0.29) is 0 Å². The molecule has 3 heterocycles. The van der Waals surface area contributed by atoms with Crippen LogP contribution in [0, 0.1) is 0 Å². The molecule has 0 spiro atoms. The molecule has 0 unspecified atom stereocenters. The largest absolute Gasteiger partial charge is 0.237 e. The second-order valence-corrected chi connectivity index (χ2v) is 8.85. The van der Waals surface area contributed by atoms with Crippen LogP contribution in [0.15, 0.2) is 122 Å². The molecule has 178 valence electrons. The van der Waals surface area contributed by atoms with Gasteiger partial charge in [-0.1, -0.05) is 60.7 Å². The van der Waals surface area contributed by atoms with Gasteiger partial charge in [0.15, 0.2) is 17.5 Å². The van der Waals surface area contributed by atoms with E-state index in [0.717, 1.165) is 49.4 Å². The summed E-state index contributed by atoms with van der Waals surface area (Å²) in [5, 5.41) is 4.22. The molecule has 3 aromatic heterocycles. The van der Waals surface area contributed by atoms with Crippen molar-refractivity contribution in [1.82, 2.24) is 29.9 Å². The summed E-state index contributed by atoms with van der Waals surface area (Å²) in [6.45, 7) is 0. The molecule has 0 amide bonds. The molecule has 0 N–H and O–H groups in total. The van der Waals surface area contributed by atoms with Crippen molar-refractivity contribution in [2.45, 2.75) is 0 Å². The van der Waals surface area contributed by atoms with Crippen molar-refractivity contribution in [2.24, 2.45) is 0 Å². The number of aromatic nitrogens is 6. The lowest BCUT2D eigenvalue weighted by molar-refractivity contribution is 1.18. The molecule has 0 saturated carbocycles. The first-order chi connectivity index (χ1) is 18.9. The van der Waals surface area contributed by atoms with Crippen LogP contribution in [0.4, 0.5) is 0 Å². The first kappa shape index (κ1) is 21.9. The summed E-state index contributed by atoms with van der Waals surface area (Å²) >= 11 is 0. The summed E-state index contributed by atoms with van der Waals surface area (Å²) in [4.78, 5) is 27.3. The van der Waals surface area contributed by atoms with E-state index in [9.17, 15) is 0 Å². The van der Waals surface area contributed by atoms with Crippen LogP contribution in [0.3, 0.4) is 0 Å². The van der Waals surface area contributed by atoms with Gasteiger partial charge >= 0.3 is 0 Å². The maximum Gasteiger partial charge on any atom is 0.160 e. The number of hydrogen-bond acceptors (Lipinski definition) is 6. The summed E-state index contributed by atoms with van der Waals surface area (Å²) in [6.07, 6.45) is 10.6. The van der Waals surface area contributed by atoms with Crippen LogP contribution in [0.25, 0.3) is 66.8 Å². The predicted molar refractivity (Wildman–Crippen MR) is 150 cm³/mol. The highest BCUT2D eigenvalue weighted by atomic mass is 14.9. The van der Waals surface area contributed by atoms with Gasteiger partial charge in [0.05, 0.1) is 0 Å². The van der Waals surface area contributed by atoms with Crippen LogP contribution >= 0.6 is 0 Å². The molecule has 6 nitrogen and oxygen atoms in total. The molecule has 0 aliphatic carbocycles. The third-order valence-electron chi connectivity index (χ3n) is 6.64. The highest BCUT2D eigenvalue weighted by Crippen LogP contribution is 2.43. The number of hydrogen-bond donors (Lipinski definition) is 0. The molecule has 0 aliphatic heterocycles. The van der Waals surface area contributed by atoms with Crippen molar-refractivity contribution in [3.8, 4) is 45.3 Å². The van der Waals surface area contributed by atoms with Gasteiger partial charge < -0.3 is 0 Å². The molecule has 0 atom stereocenters. The second kappa shape index (κ2) is 9.26. The molecule has 38 heavy (non-hydrogen) atoms. The normalized spacial score (nSPS) is 11.2. The highest BCUT2D eigenvalue weighted by Gasteiger charge is 2.19. The zero-order chi connectivity index (χ0) is 25.3. The molecule has 0 bridgehead atoms. The van der Waals surface area contributed by atoms with E-state index >= 15 is 0 Å². The monoisotopic (exact) mass is 488 g/mol. The van der Waals surface area contributed by atoms with Crippen LogP contribution in [0.1, 0.15) is 0 Å². The van der Waals surface area contributed by atoms with Crippen molar-refractivity contribution < 1.29 is 0 Å². The molecule has 0 fully saturated rings. The summed E-state index contributed by atoms with van der Waals surface area (Å²) < 4.78 is 0. The van der Waals surface area contributed by atoms with Gasteiger partial charge in [0.25, 0.3) is 0 Å². The topological polar surface area (TPSA) is 77.3 Å². The Morgan fingerprint density at radius 1 is 0.316 bits per heavy atom. The lowest BCUT2D eigenvalue weighted by Gasteiger charge is -2.16. The maximum atomic E-state index is 4.64. The maximum absolute atomic E-state index is 4.64. The first-order valence-electron chi connectivity index (χ1n) is 12.3. The lowest BCUT2D eigenvalue weighted by atomic mass is 9.89. The molecule has 7 aromatic rings. The van der Waals surface area contributed by atoms with Crippen LogP contribution in [-0.4, -0.2) is 29.9 Å². The van der Waals surface area contributed by atoms with Gasteiger partial charge in [-0.3, -0.25) is 0 Å². The lowest BCUT2D eigenvalue weighted by Crippen LogP contribution is -1.96. The minimum Gasteiger partial charge on any atom is -0.237 e. The van der Waals surface area contributed by atoms with Crippen LogP contribution in [0.2, 0.25) is 0 Å². The minimum absolute atomic E-state index is 0.683. The van der Waals surface area contributed by atoms with Crippen molar-refractivity contribution in [2.75, 3.05) is 0 Å². The van der Waals surface area contributed by atoms with Gasteiger partial charge in [-0.2, -0.15) is 0 Å². The van der Waals surface area contributed by atoms with Crippen LogP contribution < -0.4 is 0 Å². The molecular weight excluding hydrogens is 468 g/mol. The Morgan fingerprint density at radius 3 is 1.29 bits per heavy atom. The van der Waals surface area contributed by atoms with Crippen molar-refractivity contribution >= 4 is 21.5 Å². The van der Waals surface area contributed by atoms with E-state index in [2.05, 4.69) is 84.5 Å². The van der Waals surface area contributed by atoms with Gasteiger partial charge in [-0.25, -0.2) is 29.9 Å². The van der Waals surface area contributed by atoms with Crippen LogP contribution in [0.5, 0.6) is 0 Å². The van der Waals surface area contributed by atoms with Gasteiger partial charge in [0.1, 0.15) is 0 Å². The van der Waals surface area contributed by atoms with E-state index in [4.69, 9.17) is 0 Å². The third kappa shape index (κ3) is 3.76. The Hall–Kier alpha value is -5.36. The molecule has 7 rings (SSSR count). The zero-order valence-electron chi connectivity index (χ0n) is 20.2. The summed E-state index contributed by atoms with van der Waals surface area (Å²) in [5.41, 5.74) is 5.15. The van der Waals surface area contributed by atoms with E-state index < -0.39 is 0 Å². The average molecular weight is 489 g/mol. The van der Waals surface area contributed by atoms with E-state index in [1.54, 1.807) is 37.2 Å². The Morgan fingerprint density at radius 2 is 0.737 bits per heavy atom. The zero-order valence-corrected chi connectivity index (χ0v) is 20.2. The van der Waals surface area contributed by atoms with Gasteiger partial charge in [0, 0.05) is 53.9 Å². The van der Waals surface area contributed by atoms with Crippen molar-refractivity contribution in [1.29, 1.82) is 0 Å². The summed E-state index contributed by atoms with van der Waals surface area (Å²) in [7, 11) is 0. The molecule has 6 heteroatoms. The summed E-state index contributed by atoms with van der Waals surface area (Å²) in [5.74, 6) is 2.08. The van der Waals surface area contributed by atoms with Gasteiger partial charge in [-0.05, 0) is 56.9 Å². The SMILES string of the molecule is c1cnc(-c2ccc(-c3ccc4c(-c5ncccn5)c5ccccc5c(-c5ncccn5)c4c3)cc2)nc1. The fraction of sp³-hybridized carbons (Fsp3) is 0. The molecular formula is C32H20N6. The molecule has 0 aliphatic rings. The molecule has 4 aromatic carbocycles. The van der Waals surface area contributed by atoms with Gasteiger partial charge in [0.2, 0.25) is 0 Å². The van der Waals surface area contributed by atoms with Gasteiger partial charge in [-0.15, -0.1) is 0 Å². The quantitative estimate of drug-likeness (QED) is 0.248. The van der Waals surface area contributed by atoms with E-state index in [1.807, 2.05) is 30.3 Å². The highest BCUT2D eigenvalue weighted by molar-refractivity contribution is 6.20. The fourth-order valence-corrected chi connectivity index (χ4v) is 4.96. The molecule has 0 radical (unpaired) electrons. The minimum atomic E-state index is 0.683. The predicted octanol–water partition coefficient (Wildman–Crippen LogP) is 7.03. The van der Waals surface area contributed by atoms with E-state index in [1.165, 1.54) is 0 Å².